The maximum Gasteiger partial charge on any atom is 0.410 e. The van der Waals surface area contributed by atoms with Crippen LogP contribution < -0.4 is 4.74 Å². The average molecular weight is 909 g/mol. The Labute approximate surface area is 382 Å². The van der Waals surface area contributed by atoms with E-state index in [4.69, 9.17) is 42.4 Å². The Morgan fingerprint density at radius 2 is 1.86 bits per heavy atom. The number of methoxy groups -OCH3 is 1. The van der Waals surface area contributed by atoms with Gasteiger partial charge in [0.2, 0.25) is 5.91 Å². The van der Waals surface area contributed by atoms with Gasteiger partial charge in [0.25, 0.3) is 0 Å². The van der Waals surface area contributed by atoms with E-state index < -0.39 is 41.8 Å². The first-order valence-corrected chi connectivity index (χ1v) is 22.8. The van der Waals surface area contributed by atoms with Crippen molar-refractivity contribution in [2.45, 2.75) is 115 Å². The third-order valence-corrected chi connectivity index (χ3v) is 14.2. The first kappa shape index (κ1) is 44.0. The Morgan fingerprint density at radius 1 is 1.11 bits per heavy atom. The van der Waals surface area contributed by atoms with Gasteiger partial charge in [0.1, 0.15) is 16.9 Å². The van der Waals surface area contributed by atoms with E-state index in [1.165, 1.54) is 0 Å². The summed E-state index contributed by atoms with van der Waals surface area (Å²) in [6, 6.07) is 17.0. The molecule has 3 aromatic carbocycles. The van der Waals surface area contributed by atoms with Gasteiger partial charge in [-0.1, -0.05) is 53.5 Å². The SMILES string of the molecule is C=C[C@@H]1[C@@H](O)C[C@H](c2cc3c([C@@H](C)OCc4ccc(OC)cc4)nc4c(F)c(-c5cccc(Cl)c5Cl)c(CCC#N)cc4c3n2[C@H]2[C@@H]3C[C@H]2N(C(=O)OC(C)(C)C)C3)N1C(=O)C1CC1. The molecule has 2 aromatic heterocycles. The van der Waals surface area contributed by atoms with Crippen molar-refractivity contribution in [2.75, 3.05) is 13.7 Å². The topological polar surface area (TPSA) is 130 Å². The molecule has 3 aliphatic heterocycles. The van der Waals surface area contributed by atoms with Crippen LogP contribution in [0.1, 0.15) is 101 Å². The van der Waals surface area contributed by atoms with Gasteiger partial charge in [-0.2, -0.15) is 5.26 Å². The van der Waals surface area contributed by atoms with Gasteiger partial charge in [-0.3, -0.25) is 4.79 Å². The zero-order valence-electron chi connectivity index (χ0n) is 36.6. The number of carbonyl (C=O) groups is 2. The quantitative estimate of drug-likeness (QED) is 0.123. The molecule has 2 amide bonds. The van der Waals surface area contributed by atoms with E-state index in [-0.39, 0.29) is 76.8 Å². The standard InChI is InChI=1S/C50H52Cl2FN5O6/c1-7-36-40(59)23-38(57(36)48(60)28-15-16-28)37-22-34-44(26(2)63-25-27-13-17-31(62-6)18-14-27)55-45-33(20-29(10-9-19-54)41(43(45)53)32-11-8-12-35(51)42(32)52)47(34)58(37)46-30-21-39(46)56(24-30)49(61)64-50(3,4)5/h7-8,11-14,17-18,20,22,26,28,30,36,38-40,46,59H,1,9-10,15-16,21,23-25H2,2-6H3/t26-,30-,36-,38-,39-,40+,46+/m1/s1. The summed E-state index contributed by atoms with van der Waals surface area (Å²) in [7, 11) is 1.61. The highest BCUT2D eigenvalue weighted by molar-refractivity contribution is 6.43. The van der Waals surface area contributed by atoms with Gasteiger partial charge in [-0.15, -0.1) is 6.58 Å². The predicted octanol–water partition coefficient (Wildman–Crippen LogP) is 10.8. The second kappa shape index (κ2) is 17.0. The molecule has 1 N–H and O–H groups in total. The fourth-order valence-corrected chi connectivity index (χ4v) is 10.6. The Balaban J connectivity index is 1.32. The number of nitriles is 1. The second-order valence-corrected chi connectivity index (χ2v) is 19.4. The number of benzene rings is 3. The minimum Gasteiger partial charge on any atom is -0.497 e. The number of amides is 2. The van der Waals surface area contributed by atoms with E-state index >= 15 is 4.39 Å². The minimum absolute atomic E-state index is 0.00355. The van der Waals surface area contributed by atoms with Crippen molar-refractivity contribution in [3.63, 3.8) is 0 Å². The van der Waals surface area contributed by atoms with Gasteiger partial charge in [0.15, 0.2) is 5.82 Å². The zero-order chi connectivity index (χ0) is 45.4. The number of aryl methyl sites for hydroxylation is 1. The number of aliphatic hydroxyl groups excluding tert-OH is 1. The maximum atomic E-state index is 18.0. The van der Waals surface area contributed by atoms with Gasteiger partial charge in [0.05, 0.1) is 77.4 Å². The van der Waals surface area contributed by atoms with Gasteiger partial charge in [0, 0.05) is 58.8 Å². The molecule has 14 heteroatoms. The number of aliphatic hydroxyl groups is 1. The van der Waals surface area contributed by atoms with E-state index in [1.807, 2.05) is 64.1 Å². The van der Waals surface area contributed by atoms with Gasteiger partial charge in [-0.25, -0.2) is 14.2 Å². The number of hydrogen-bond donors (Lipinski definition) is 1. The Bertz CT molecular complexity index is 2720. The molecule has 11 nitrogen and oxygen atoms in total. The molecule has 5 aromatic rings. The highest BCUT2D eigenvalue weighted by Crippen LogP contribution is 2.55. The molecule has 10 rings (SSSR count). The second-order valence-electron chi connectivity index (χ2n) is 18.6. The molecular weight excluding hydrogens is 856 g/mol. The highest BCUT2D eigenvalue weighted by atomic mass is 35.5. The number of carbonyl (C=O) groups excluding carboxylic acids is 2. The van der Waals surface area contributed by atoms with Crippen molar-refractivity contribution in [1.82, 2.24) is 19.4 Å². The van der Waals surface area contributed by atoms with Crippen LogP contribution in [0.3, 0.4) is 0 Å². The number of halogens is 3. The molecular formula is C50H52Cl2FN5O6. The van der Waals surface area contributed by atoms with E-state index in [0.717, 1.165) is 30.5 Å². The van der Waals surface area contributed by atoms with Crippen LogP contribution in [-0.4, -0.2) is 73.9 Å². The summed E-state index contributed by atoms with van der Waals surface area (Å²) in [5, 5.41) is 23.1. The number of pyridine rings is 1. The van der Waals surface area contributed by atoms with Crippen LogP contribution in [0.25, 0.3) is 32.9 Å². The molecule has 2 saturated carbocycles. The molecule has 334 valence electrons. The first-order chi connectivity index (χ1) is 30.6. The first-order valence-electron chi connectivity index (χ1n) is 22.0. The van der Waals surface area contributed by atoms with Crippen LogP contribution in [0.5, 0.6) is 5.75 Å². The third-order valence-electron chi connectivity index (χ3n) is 13.4. The smallest absolute Gasteiger partial charge is 0.410 e. The van der Waals surface area contributed by atoms with Crippen LogP contribution in [0.4, 0.5) is 9.18 Å². The summed E-state index contributed by atoms with van der Waals surface area (Å²) in [4.78, 5) is 36.9. The monoisotopic (exact) mass is 907 g/mol. The van der Waals surface area contributed by atoms with Crippen LogP contribution >= 0.6 is 23.2 Å². The summed E-state index contributed by atoms with van der Waals surface area (Å²) in [5.41, 5.74) is 3.25. The lowest BCUT2D eigenvalue weighted by atomic mass is 9.79. The number of hydrogen-bond acceptors (Lipinski definition) is 8. The molecule has 5 fully saturated rings. The molecule has 3 saturated heterocycles. The Morgan fingerprint density at radius 3 is 2.53 bits per heavy atom. The summed E-state index contributed by atoms with van der Waals surface area (Å²) in [6.07, 6.45) is 2.51. The van der Waals surface area contributed by atoms with Gasteiger partial charge >= 0.3 is 6.09 Å². The van der Waals surface area contributed by atoms with Crippen molar-refractivity contribution in [3.8, 4) is 22.9 Å². The fourth-order valence-electron chi connectivity index (χ4n) is 10.2. The molecule has 5 aliphatic rings. The van der Waals surface area contributed by atoms with E-state index in [2.05, 4.69) is 17.2 Å². The molecule has 0 spiro atoms. The van der Waals surface area contributed by atoms with Crippen molar-refractivity contribution in [1.29, 1.82) is 5.26 Å². The van der Waals surface area contributed by atoms with Crippen molar-refractivity contribution >= 4 is 57.0 Å². The Hall–Kier alpha value is -5.19. The summed E-state index contributed by atoms with van der Waals surface area (Å²) >= 11 is 13.4. The van der Waals surface area contributed by atoms with Crippen molar-refractivity contribution in [3.05, 3.63) is 106 Å². The molecule has 0 unspecified atom stereocenters. The molecule has 0 radical (unpaired) electrons. The van der Waals surface area contributed by atoms with Crippen LogP contribution in [0.15, 0.2) is 67.3 Å². The average Bonchev–Trinajstić information content (AvgIpc) is 3.56. The third kappa shape index (κ3) is 7.68. The number of ether oxygens (including phenoxy) is 3. The lowest BCUT2D eigenvalue weighted by Gasteiger charge is -2.41. The van der Waals surface area contributed by atoms with Crippen molar-refractivity contribution < 1.29 is 33.3 Å². The highest BCUT2D eigenvalue weighted by Gasteiger charge is 2.57. The summed E-state index contributed by atoms with van der Waals surface area (Å²) in [6.45, 7) is 12.1. The van der Waals surface area contributed by atoms with Gasteiger partial charge in [-0.05, 0) is 94.8 Å². The van der Waals surface area contributed by atoms with Crippen LogP contribution in [0, 0.1) is 29.0 Å². The van der Waals surface area contributed by atoms with Crippen LogP contribution in [0.2, 0.25) is 10.0 Å². The Kier molecular flexibility index (Phi) is 11.7. The minimum atomic E-state index is -0.880. The lowest BCUT2D eigenvalue weighted by molar-refractivity contribution is -0.135. The number of fused-ring (bicyclic) bond motifs is 4. The normalized spacial score (nSPS) is 23.3. The zero-order valence-corrected chi connectivity index (χ0v) is 38.1. The summed E-state index contributed by atoms with van der Waals surface area (Å²) < 4.78 is 38.1. The van der Waals surface area contributed by atoms with E-state index in [0.29, 0.717) is 45.4 Å². The predicted molar refractivity (Wildman–Crippen MR) is 244 cm³/mol. The number of rotatable bonds is 12. The van der Waals surface area contributed by atoms with Crippen molar-refractivity contribution in [2.24, 2.45) is 11.8 Å². The maximum absolute atomic E-state index is 18.0. The number of likely N-dealkylation sites (tertiary alicyclic amines) is 1. The molecule has 7 atom stereocenters. The van der Waals surface area contributed by atoms with Crippen LogP contribution in [-0.2, 0) is 27.3 Å². The largest absolute Gasteiger partial charge is 0.497 e. The lowest BCUT2D eigenvalue weighted by Crippen LogP contribution is -2.45. The van der Waals surface area contributed by atoms with E-state index in [1.54, 1.807) is 41.2 Å². The molecule has 2 bridgehead atoms. The van der Waals surface area contributed by atoms with E-state index in [9.17, 15) is 20.0 Å². The van der Waals surface area contributed by atoms with Gasteiger partial charge < -0.3 is 33.7 Å². The fraction of sp³-hybridized carbons (Fsp3) is 0.440. The summed E-state index contributed by atoms with van der Waals surface area (Å²) in [5.74, 6) is -0.0984. The molecule has 5 heterocycles. The number of aromatic nitrogens is 2. The number of nitrogens with zero attached hydrogens (tertiary/aromatic N) is 5. The molecule has 64 heavy (non-hydrogen) atoms. The molecule has 2 aliphatic carbocycles.